The number of aromatic nitrogens is 2. The molecular weight excluding hydrogens is 336 g/mol. The van der Waals surface area contributed by atoms with Crippen molar-refractivity contribution in [2.75, 3.05) is 14.2 Å². The van der Waals surface area contributed by atoms with Crippen molar-refractivity contribution >= 4 is 15.9 Å². The van der Waals surface area contributed by atoms with Crippen LogP contribution in [0.25, 0.3) is 0 Å². The zero-order valence-electron chi connectivity index (χ0n) is 12.5. The molecule has 1 aromatic heterocycles. The van der Waals surface area contributed by atoms with Crippen LogP contribution in [0.4, 0.5) is 0 Å². The van der Waals surface area contributed by atoms with E-state index in [1.807, 2.05) is 30.8 Å². The molecule has 0 radical (unpaired) electrons. The number of halogens is 1. The quantitative estimate of drug-likeness (QED) is 0.634. The van der Waals surface area contributed by atoms with Crippen LogP contribution in [-0.4, -0.2) is 24.0 Å². The predicted octanol–water partition coefficient (Wildman–Crippen LogP) is 2.06. The average Bonchev–Trinajstić information content (AvgIpc) is 2.81. The molecule has 7 heteroatoms. The van der Waals surface area contributed by atoms with Gasteiger partial charge in [-0.2, -0.15) is 5.10 Å². The summed E-state index contributed by atoms with van der Waals surface area (Å²) in [6, 6.07) is 3.58. The van der Waals surface area contributed by atoms with E-state index < -0.39 is 0 Å². The molecule has 0 aliphatic heterocycles. The van der Waals surface area contributed by atoms with Gasteiger partial charge in [0.2, 0.25) is 0 Å². The van der Waals surface area contributed by atoms with Gasteiger partial charge < -0.3 is 9.47 Å². The molecule has 1 heterocycles. The number of benzene rings is 1. The zero-order chi connectivity index (χ0) is 15.6. The first kappa shape index (κ1) is 15.8. The first-order valence-electron chi connectivity index (χ1n) is 6.40. The Bertz CT molecular complexity index is 642. The highest BCUT2D eigenvalue weighted by molar-refractivity contribution is 9.10. The number of hydrogen-bond donors (Lipinski definition) is 2. The third-order valence-electron chi connectivity index (χ3n) is 3.58. The summed E-state index contributed by atoms with van der Waals surface area (Å²) in [7, 11) is 5.13. The Morgan fingerprint density at radius 2 is 2.00 bits per heavy atom. The van der Waals surface area contributed by atoms with Gasteiger partial charge in [-0.25, -0.2) is 5.43 Å². The number of hydrogen-bond acceptors (Lipinski definition) is 5. The summed E-state index contributed by atoms with van der Waals surface area (Å²) < 4.78 is 13.4. The smallest absolute Gasteiger partial charge is 0.141 e. The van der Waals surface area contributed by atoms with E-state index in [-0.39, 0.29) is 6.04 Å². The topological polar surface area (TPSA) is 74.3 Å². The van der Waals surface area contributed by atoms with E-state index in [4.69, 9.17) is 15.3 Å². The van der Waals surface area contributed by atoms with Gasteiger partial charge in [0.05, 0.1) is 26.5 Å². The second-order valence-electron chi connectivity index (χ2n) is 4.61. The Balaban J connectivity index is 2.57. The van der Waals surface area contributed by atoms with Crippen molar-refractivity contribution in [2.45, 2.75) is 13.0 Å². The predicted molar refractivity (Wildman–Crippen MR) is 84.4 cm³/mol. The maximum absolute atomic E-state index is 5.77. The SMILES string of the molecule is COc1ccc(C(NN)c2cnn(C)c2C)c(OC)c1Br. The lowest BCUT2D eigenvalue weighted by Crippen LogP contribution is -2.29. The highest BCUT2D eigenvalue weighted by atomic mass is 79.9. The van der Waals surface area contributed by atoms with Crippen LogP contribution in [0.2, 0.25) is 0 Å². The summed E-state index contributed by atoms with van der Waals surface area (Å²) in [5, 5.41) is 4.27. The van der Waals surface area contributed by atoms with E-state index in [1.54, 1.807) is 20.4 Å². The van der Waals surface area contributed by atoms with Crippen molar-refractivity contribution in [3.8, 4) is 11.5 Å². The maximum atomic E-state index is 5.77. The van der Waals surface area contributed by atoms with Crippen LogP contribution in [-0.2, 0) is 7.05 Å². The average molecular weight is 355 g/mol. The molecule has 0 spiro atoms. The van der Waals surface area contributed by atoms with Gasteiger partial charge in [-0.15, -0.1) is 0 Å². The lowest BCUT2D eigenvalue weighted by Gasteiger charge is -2.21. The van der Waals surface area contributed by atoms with E-state index in [2.05, 4.69) is 26.5 Å². The van der Waals surface area contributed by atoms with Gasteiger partial charge in [0.25, 0.3) is 0 Å². The number of hydrazine groups is 1. The fourth-order valence-corrected chi connectivity index (χ4v) is 2.98. The van der Waals surface area contributed by atoms with Crippen molar-refractivity contribution in [1.82, 2.24) is 15.2 Å². The van der Waals surface area contributed by atoms with Crippen LogP contribution >= 0.6 is 15.9 Å². The van der Waals surface area contributed by atoms with E-state index in [1.165, 1.54) is 0 Å². The van der Waals surface area contributed by atoms with Gasteiger partial charge in [0.1, 0.15) is 16.0 Å². The number of nitrogens with zero attached hydrogens (tertiary/aromatic N) is 2. The highest BCUT2D eigenvalue weighted by Crippen LogP contribution is 2.41. The zero-order valence-corrected chi connectivity index (χ0v) is 14.1. The van der Waals surface area contributed by atoms with Crippen molar-refractivity contribution < 1.29 is 9.47 Å². The molecule has 3 N–H and O–H groups in total. The van der Waals surface area contributed by atoms with Crippen LogP contribution in [0.5, 0.6) is 11.5 Å². The minimum Gasteiger partial charge on any atom is -0.495 e. The third-order valence-corrected chi connectivity index (χ3v) is 4.33. The first-order valence-corrected chi connectivity index (χ1v) is 7.19. The summed E-state index contributed by atoms with van der Waals surface area (Å²) in [5.41, 5.74) is 5.77. The molecule has 1 atom stereocenters. The molecule has 0 amide bonds. The Morgan fingerprint density at radius 1 is 1.29 bits per heavy atom. The highest BCUT2D eigenvalue weighted by Gasteiger charge is 2.23. The Morgan fingerprint density at radius 3 is 2.48 bits per heavy atom. The van der Waals surface area contributed by atoms with Crippen LogP contribution in [0.3, 0.4) is 0 Å². The molecule has 2 aromatic rings. The number of rotatable bonds is 5. The summed E-state index contributed by atoms with van der Waals surface area (Å²) >= 11 is 3.51. The summed E-state index contributed by atoms with van der Waals surface area (Å²) in [4.78, 5) is 0. The summed E-state index contributed by atoms with van der Waals surface area (Å²) in [6.07, 6.45) is 1.80. The number of nitrogens with two attached hydrogens (primary N) is 1. The fourth-order valence-electron chi connectivity index (χ4n) is 2.29. The lowest BCUT2D eigenvalue weighted by molar-refractivity contribution is 0.382. The van der Waals surface area contributed by atoms with Gasteiger partial charge in [0, 0.05) is 23.9 Å². The van der Waals surface area contributed by atoms with E-state index in [9.17, 15) is 0 Å². The molecule has 1 unspecified atom stereocenters. The molecule has 6 nitrogen and oxygen atoms in total. The second-order valence-corrected chi connectivity index (χ2v) is 5.41. The number of ether oxygens (including phenoxy) is 2. The van der Waals surface area contributed by atoms with Crippen LogP contribution in [0.15, 0.2) is 22.8 Å². The standard InChI is InChI=1S/C14H19BrN4O2/c1-8-10(7-17-19(8)2)13(18-16)9-5-6-11(20-3)12(15)14(9)21-4/h5-7,13,18H,16H2,1-4H3. The molecule has 114 valence electrons. The van der Waals surface area contributed by atoms with Gasteiger partial charge in [-0.1, -0.05) is 0 Å². The van der Waals surface area contributed by atoms with Crippen molar-refractivity contribution in [2.24, 2.45) is 12.9 Å². The Kier molecular flexibility index (Phi) is 4.87. The number of nitrogens with one attached hydrogen (secondary N) is 1. The van der Waals surface area contributed by atoms with Crippen molar-refractivity contribution in [3.05, 3.63) is 39.6 Å². The molecule has 0 fully saturated rings. The van der Waals surface area contributed by atoms with Crippen LogP contribution < -0.4 is 20.7 Å². The monoisotopic (exact) mass is 354 g/mol. The second kappa shape index (κ2) is 6.46. The normalized spacial score (nSPS) is 12.3. The van der Waals surface area contributed by atoms with Gasteiger partial charge in [0.15, 0.2) is 0 Å². The molecule has 2 rings (SSSR count). The molecule has 21 heavy (non-hydrogen) atoms. The van der Waals surface area contributed by atoms with Crippen LogP contribution in [0, 0.1) is 6.92 Å². The molecule has 0 aliphatic rings. The Labute approximate surface area is 132 Å². The van der Waals surface area contributed by atoms with Crippen molar-refractivity contribution in [1.29, 1.82) is 0 Å². The van der Waals surface area contributed by atoms with E-state index in [0.717, 1.165) is 21.3 Å². The van der Waals surface area contributed by atoms with Crippen LogP contribution in [0.1, 0.15) is 22.9 Å². The van der Waals surface area contributed by atoms with Gasteiger partial charge in [-0.05, 0) is 35.0 Å². The lowest BCUT2D eigenvalue weighted by atomic mass is 9.99. The molecule has 0 aliphatic carbocycles. The van der Waals surface area contributed by atoms with E-state index in [0.29, 0.717) is 11.5 Å². The van der Waals surface area contributed by atoms with E-state index >= 15 is 0 Å². The molecule has 0 saturated carbocycles. The molecule has 0 bridgehead atoms. The van der Waals surface area contributed by atoms with Gasteiger partial charge >= 0.3 is 0 Å². The fraction of sp³-hybridized carbons (Fsp3) is 0.357. The maximum Gasteiger partial charge on any atom is 0.141 e. The minimum atomic E-state index is -0.226. The molecular formula is C14H19BrN4O2. The molecule has 0 saturated heterocycles. The number of methoxy groups -OCH3 is 2. The van der Waals surface area contributed by atoms with Crippen molar-refractivity contribution in [3.63, 3.8) is 0 Å². The summed E-state index contributed by atoms with van der Waals surface area (Å²) in [6.45, 7) is 2.00. The minimum absolute atomic E-state index is 0.226. The molecule has 1 aromatic carbocycles. The largest absolute Gasteiger partial charge is 0.495 e. The third kappa shape index (κ3) is 2.76. The number of aryl methyl sites for hydroxylation is 1. The first-order chi connectivity index (χ1) is 10.0. The summed E-state index contributed by atoms with van der Waals surface area (Å²) in [5.74, 6) is 7.15. The Hall–Kier alpha value is -1.57. The van der Waals surface area contributed by atoms with Gasteiger partial charge in [-0.3, -0.25) is 10.5 Å².